The lowest BCUT2D eigenvalue weighted by Gasteiger charge is -2.00. The van der Waals surface area contributed by atoms with Crippen LogP contribution >= 0.6 is 46.7 Å². The van der Waals surface area contributed by atoms with E-state index in [9.17, 15) is 0 Å². The lowest BCUT2D eigenvalue weighted by Crippen LogP contribution is -2.00. The Morgan fingerprint density at radius 2 is 1.38 bits per heavy atom. The Morgan fingerprint density at radius 3 is 1.77 bits per heavy atom. The van der Waals surface area contributed by atoms with Crippen LogP contribution in [0.4, 0.5) is 0 Å². The monoisotopic (exact) mass is 258 g/mol. The minimum Gasteiger partial charge on any atom is -0.380 e. The molecule has 1 nitrogen and oxygen atoms in total. The second-order valence-electron chi connectivity index (χ2n) is 1.88. The third-order valence-corrected chi connectivity index (χ3v) is 3.00. The van der Waals surface area contributed by atoms with Crippen LogP contribution in [0.25, 0.3) is 0 Å². The molecule has 0 unspecified atom stereocenters. The van der Waals surface area contributed by atoms with Gasteiger partial charge in [-0.15, -0.1) is 23.5 Å². The van der Waals surface area contributed by atoms with E-state index in [0.29, 0.717) is 0 Å². The summed E-state index contributed by atoms with van der Waals surface area (Å²) in [7, 11) is 0. The van der Waals surface area contributed by atoms with E-state index in [1.165, 1.54) is 11.1 Å². The number of hydrogen-bond donors (Lipinski definition) is 0. The van der Waals surface area contributed by atoms with Gasteiger partial charge in [0.2, 0.25) is 0 Å². The van der Waals surface area contributed by atoms with E-state index in [4.69, 9.17) is 27.9 Å². The second-order valence-corrected chi connectivity index (χ2v) is 4.41. The summed E-state index contributed by atoms with van der Waals surface area (Å²) in [5.74, 6) is 1.89. The predicted molar refractivity (Wildman–Crippen MR) is 65.7 cm³/mol. The van der Waals surface area contributed by atoms with Crippen molar-refractivity contribution < 1.29 is 4.74 Å². The molecule has 0 aromatic carbocycles. The molecule has 0 radical (unpaired) electrons. The van der Waals surface area contributed by atoms with Crippen LogP contribution in [0.15, 0.2) is 21.9 Å². The standard InChI is InChI=1S/C8H12Cl2OS2/c9-1-5-12-7-3-11-4-8-13-6-2-10/h1-2,5-6H,3-4,7-8H2. The van der Waals surface area contributed by atoms with Crippen molar-refractivity contribution in [3.05, 3.63) is 21.9 Å². The average molecular weight is 259 g/mol. The number of ether oxygens (including phenoxy) is 1. The van der Waals surface area contributed by atoms with Crippen LogP contribution in [0.3, 0.4) is 0 Å². The summed E-state index contributed by atoms with van der Waals surface area (Å²) in [6.07, 6.45) is 0. The van der Waals surface area contributed by atoms with E-state index in [-0.39, 0.29) is 0 Å². The van der Waals surface area contributed by atoms with Gasteiger partial charge in [-0.2, -0.15) is 0 Å². The van der Waals surface area contributed by atoms with E-state index >= 15 is 0 Å². The highest BCUT2D eigenvalue weighted by molar-refractivity contribution is 8.02. The maximum absolute atomic E-state index is 5.33. The fraction of sp³-hybridized carbons (Fsp3) is 0.500. The largest absolute Gasteiger partial charge is 0.380 e. The molecule has 0 heterocycles. The van der Waals surface area contributed by atoms with E-state index in [0.717, 1.165) is 24.7 Å². The molecule has 0 aliphatic carbocycles. The Labute approximate surface area is 97.9 Å². The average Bonchev–Trinajstić information content (AvgIpc) is 2.16. The molecule has 0 atom stereocenters. The van der Waals surface area contributed by atoms with Crippen molar-refractivity contribution in [1.82, 2.24) is 0 Å². The minimum atomic E-state index is 0.761. The predicted octanol–water partition coefficient (Wildman–Crippen LogP) is 3.89. The van der Waals surface area contributed by atoms with Crippen molar-refractivity contribution in [2.75, 3.05) is 24.7 Å². The van der Waals surface area contributed by atoms with Crippen molar-refractivity contribution in [1.29, 1.82) is 0 Å². The molecular weight excluding hydrogens is 247 g/mol. The molecule has 0 rings (SSSR count). The van der Waals surface area contributed by atoms with Gasteiger partial charge in [0.05, 0.1) is 13.2 Å². The maximum atomic E-state index is 5.33. The van der Waals surface area contributed by atoms with Crippen LogP contribution in [0.5, 0.6) is 0 Å². The number of hydrogen-bond acceptors (Lipinski definition) is 3. The first-order chi connectivity index (χ1) is 6.41. The van der Waals surface area contributed by atoms with Gasteiger partial charge in [0.15, 0.2) is 0 Å². The fourth-order valence-corrected chi connectivity index (χ4v) is 1.81. The first-order valence-electron chi connectivity index (χ1n) is 3.73. The molecule has 0 aromatic heterocycles. The van der Waals surface area contributed by atoms with Gasteiger partial charge in [-0.3, -0.25) is 0 Å². The van der Waals surface area contributed by atoms with Crippen molar-refractivity contribution in [2.24, 2.45) is 0 Å². The zero-order chi connectivity index (χ0) is 9.78. The number of thioether (sulfide) groups is 2. The smallest absolute Gasteiger partial charge is 0.0560 e. The third kappa shape index (κ3) is 12.7. The highest BCUT2D eigenvalue weighted by Crippen LogP contribution is 2.04. The van der Waals surface area contributed by atoms with Crippen molar-refractivity contribution in [3.8, 4) is 0 Å². The molecular formula is C8H12Cl2OS2. The molecule has 5 heteroatoms. The molecule has 76 valence electrons. The second kappa shape index (κ2) is 12.7. The summed E-state index contributed by atoms with van der Waals surface area (Å²) in [6.45, 7) is 1.52. The molecule has 0 aliphatic heterocycles. The van der Waals surface area contributed by atoms with Gasteiger partial charge in [0.25, 0.3) is 0 Å². The lowest BCUT2D eigenvalue weighted by atomic mass is 10.8. The third-order valence-electron chi connectivity index (χ3n) is 0.986. The summed E-state index contributed by atoms with van der Waals surface area (Å²) < 4.78 is 5.33. The Hall–Kier alpha value is 0.720. The fourth-order valence-electron chi connectivity index (χ4n) is 0.525. The molecule has 0 saturated carbocycles. The number of halogens is 2. The molecule has 0 bridgehead atoms. The van der Waals surface area contributed by atoms with Gasteiger partial charge < -0.3 is 4.74 Å². The van der Waals surface area contributed by atoms with E-state index in [2.05, 4.69) is 0 Å². The lowest BCUT2D eigenvalue weighted by molar-refractivity contribution is 0.167. The van der Waals surface area contributed by atoms with Gasteiger partial charge in [-0.25, -0.2) is 0 Å². The molecule has 0 fully saturated rings. The van der Waals surface area contributed by atoms with Crippen LogP contribution in [0.1, 0.15) is 0 Å². The summed E-state index contributed by atoms with van der Waals surface area (Å²) in [6, 6.07) is 0. The molecule has 0 spiro atoms. The molecule has 13 heavy (non-hydrogen) atoms. The van der Waals surface area contributed by atoms with Crippen molar-refractivity contribution in [2.45, 2.75) is 0 Å². The maximum Gasteiger partial charge on any atom is 0.0560 e. The van der Waals surface area contributed by atoms with E-state index < -0.39 is 0 Å². The normalized spacial score (nSPS) is 11.8. The van der Waals surface area contributed by atoms with Gasteiger partial charge in [-0.05, 0) is 10.8 Å². The molecule has 0 amide bonds. The molecule has 0 N–H and O–H groups in total. The molecule has 0 saturated heterocycles. The van der Waals surface area contributed by atoms with Crippen LogP contribution in [-0.2, 0) is 4.74 Å². The van der Waals surface area contributed by atoms with Gasteiger partial charge in [-0.1, -0.05) is 23.2 Å². The van der Waals surface area contributed by atoms with Gasteiger partial charge >= 0.3 is 0 Å². The van der Waals surface area contributed by atoms with Crippen molar-refractivity contribution >= 4 is 46.7 Å². The van der Waals surface area contributed by atoms with Crippen LogP contribution in [-0.4, -0.2) is 24.7 Å². The summed E-state index contributed by atoms with van der Waals surface area (Å²) in [5, 5.41) is 3.69. The highest BCUT2D eigenvalue weighted by atomic mass is 35.5. The Kier molecular flexibility index (Phi) is 13.4. The number of rotatable bonds is 8. The molecule has 0 aromatic rings. The topological polar surface area (TPSA) is 9.23 Å². The van der Waals surface area contributed by atoms with E-state index in [1.807, 2.05) is 10.8 Å². The Bertz CT molecular complexity index is 135. The zero-order valence-corrected chi connectivity index (χ0v) is 10.3. The van der Waals surface area contributed by atoms with Crippen LogP contribution in [0.2, 0.25) is 0 Å². The Morgan fingerprint density at radius 1 is 0.923 bits per heavy atom. The first kappa shape index (κ1) is 13.7. The van der Waals surface area contributed by atoms with Gasteiger partial charge in [0, 0.05) is 22.6 Å². The van der Waals surface area contributed by atoms with Crippen molar-refractivity contribution in [3.63, 3.8) is 0 Å². The first-order valence-corrected chi connectivity index (χ1v) is 6.70. The quantitative estimate of drug-likeness (QED) is 0.612. The summed E-state index contributed by atoms with van der Waals surface area (Å²) >= 11 is 14.0. The Balaban J connectivity index is 2.91. The SMILES string of the molecule is ClC=CSCCOCCSC=CCl. The highest BCUT2D eigenvalue weighted by Gasteiger charge is 1.87. The van der Waals surface area contributed by atoms with Gasteiger partial charge in [0.1, 0.15) is 0 Å². The molecule has 0 aliphatic rings. The minimum absolute atomic E-state index is 0.761. The van der Waals surface area contributed by atoms with Crippen LogP contribution < -0.4 is 0 Å². The summed E-state index contributed by atoms with van der Waals surface area (Å²) in [5.41, 5.74) is 3.01. The van der Waals surface area contributed by atoms with Crippen LogP contribution in [0, 0.1) is 0 Å². The zero-order valence-electron chi connectivity index (χ0n) is 7.12. The van der Waals surface area contributed by atoms with E-state index in [1.54, 1.807) is 23.5 Å². The summed E-state index contributed by atoms with van der Waals surface area (Å²) in [4.78, 5) is 0.